The number of unbranched alkanes of at least 4 members (excludes halogenated alkanes) is 3. The summed E-state index contributed by atoms with van der Waals surface area (Å²) in [6, 6.07) is 6.63. The number of ether oxygens (including phenoxy) is 1. The van der Waals surface area contributed by atoms with Crippen molar-refractivity contribution >= 4 is 0 Å². The number of hydrogen-bond donors (Lipinski definition) is 1. The zero-order chi connectivity index (χ0) is 12.5. The van der Waals surface area contributed by atoms with Crippen molar-refractivity contribution in [2.45, 2.75) is 45.2 Å². The molecule has 1 unspecified atom stereocenters. The van der Waals surface area contributed by atoms with E-state index in [4.69, 9.17) is 4.74 Å². The Labute approximate surface area is 102 Å². The highest BCUT2D eigenvalue weighted by Gasteiger charge is 2.08. The molecule has 0 saturated heterocycles. The molecule has 0 radical (unpaired) electrons. The first kappa shape index (κ1) is 13.8. The average Bonchev–Trinajstić information content (AvgIpc) is 2.34. The van der Waals surface area contributed by atoms with Gasteiger partial charge in [0.05, 0.1) is 0 Å². The summed E-state index contributed by atoms with van der Waals surface area (Å²) in [6.45, 7) is 2.15. The van der Waals surface area contributed by atoms with Gasteiger partial charge in [0, 0.05) is 0 Å². The minimum Gasteiger partial charge on any atom is -0.504 e. The topological polar surface area (TPSA) is 29.5 Å². The second-order valence-electron chi connectivity index (χ2n) is 4.23. The lowest BCUT2D eigenvalue weighted by Gasteiger charge is -2.11. The maximum Gasteiger partial charge on any atom is 0.161 e. The SMILES string of the molecule is CCCCCCC(F)COc1ccccc1O. The van der Waals surface area contributed by atoms with Crippen molar-refractivity contribution in [2.24, 2.45) is 0 Å². The van der Waals surface area contributed by atoms with Crippen LogP contribution < -0.4 is 4.74 Å². The number of rotatable bonds is 8. The molecule has 0 saturated carbocycles. The third-order valence-electron chi connectivity index (χ3n) is 2.66. The second-order valence-corrected chi connectivity index (χ2v) is 4.23. The summed E-state index contributed by atoms with van der Waals surface area (Å²) in [7, 11) is 0. The van der Waals surface area contributed by atoms with Gasteiger partial charge in [0.15, 0.2) is 11.5 Å². The second kappa shape index (κ2) is 7.93. The van der Waals surface area contributed by atoms with Crippen molar-refractivity contribution in [1.29, 1.82) is 0 Å². The molecule has 1 rings (SSSR count). The largest absolute Gasteiger partial charge is 0.504 e. The number of phenolic OH excluding ortho intramolecular Hbond substituents is 1. The van der Waals surface area contributed by atoms with Crippen LogP contribution >= 0.6 is 0 Å². The molecule has 2 nitrogen and oxygen atoms in total. The van der Waals surface area contributed by atoms with Gasteiger partial charge in [-0.1, -0.05) is 44.7 Å². The molecule has 1 atom stereocenters. The molecular formula is C14H21FO2. The molecule has 17 heavy (non-hydrogen) atoms. The minimum absolute atomic E-state index is 0.0176. The van der Waals surface area contributed by atoms with Crippen molar-refractivity contribution in [1.82, 2.24) is 0 Å². The Morgan fingerprint density at radius 1 is 1.24 bits per heavy atom. The van der Waals surface area contributed by atoms with Crippen molar-refractivity contribution in [2.75, 3.05) is 6.61 Å². The first-order valence-electron chi connectivity index (χ1n) is 6.29. The molecule has 1 N–H and O–H groups in total. The Morgan fingerprint density at radius 3 is 2.71 bits per heavy atom. The van der Waals surface area contributed by atoms with Gasteiger partial charge in [-0.15, -0.1) is 0 Å². The van der Waals surface area contributed by atoms with Crippen LogP contribution in [0.2, 0.25) is 0 Å². The highest BCUT2D eigenvalue weighted by atomic mass is 19.1. The highest BCUT2D eigenvalue weighted by Crippen LogP contribution is 2.24. The fraction of sp³-hybridized carbons (Fsp3) is 0.571. The molecule has 96 valence electrons. The van der Waals surface area contributed by atoms with Crippen LogP contribution in [-0.2, 0) is 0 Å². The Hall–Kier alpha value is -1.25. The lowest BCUT2D eigenvalue weighted by Crippen LogP contribution is -2.12. The van der Waals surface area contributed by atoms with Gasteiger partial charge in [-0.2, -0.15) is 0 Å². The van der Waals surface area contributed by atoms with Gasteiger partial charge in [-0.25, -0.2) is 4.39 Å². The zero-order valence-corrected chi connectivity index (χ0v) is 10.4. The van der Waals surface area contributed by atoms with Crippen LogP contribution in [0, 0.1) is 0 Å². The third kappa shape index (κ3) is 5.57. The zero-order valence-electron chi connectivity index (χ0n) is 10.4. The van der Waals surface area contributed by atoms with Gasteiger partial charge < -0.3 is 9.84 Å². The van der Waals surface area contributed by atoms with Crippen LogP contribution in [0.5, 0.6) is 11.5 Å². The van der Waals surface area contributed by atoms with Crippen LogP contribution in [0.25, 0.3) is 0 Å². The Kier molecular flexibility index (Phi) is 6.45. The molecule has 0 bridgehead atoms. The predicted molar refractivity (Wildman–Crippen MR) is 67.3 cm³/mol. The summed E-state index contributed by atoms with van der Waals surface area (Å²) >= 11 is 0. The first-order valence-corrected chi connectivity index (χ1v) is 6.29. The molecule has 0 aliphatic carbocycles. The van der Waals surface area contributed by atoms with E-state index in [0.717, 1.165) is 25.7 Å². The standard InChI is InChI=1S/C14H21FO2/c1-2-3-4-5-8-12(15)11-17-14-10-7-6-9-13(14)16/h6-7,9-10,12,16H,2-5,8,11H2,1H3. The van der Waals surface area contributed by atoms with E-state index in [2.05, 4.69) is 6.92 Å². The molecule has 1 aromatic carbocycles. The maximum absolute atomic E-state index is 13.4. The molecule has 0 fully saturated rings. The van der Waals surface area contributed by atoms with Crippen LogP contribution in [-0.4, -0.2) is 17.9 Å². The Bertz CT molecular complexity index is 315. The van der Waals surface area contributed by atoms with E-state index in [-0.39, 0.29) is 12.4 Å². The number of aromatic hydroxyl groups is 1. The van der Waals surface area contributed by atoms with E-state index in [0.29, 0.717) is 12.2 Å². The fourth-order valence-electron chi connectivity index (χ4n) is 1.64. The van der Waals surface area contributed by atoms with E-state index >= 15 is 0 Å². The molecule has 0 heterocycles. The number of para-hydroxylation sites is 2. The summed E-state index contributed by atoms with van der Waals surface area (Å²) in [5.41, 5.74) is 0. The lowest BCUT2D eigenvalue weighted by molar-refractivity contribution is 0.180. The monoisotopic (exact) mass is 240 g/mol. The van der Waals surface area contributed by atoms with Gasteiger partial charge in [0.25, 0.3) is 0 Å². The quantitative estimate of drug-likeness (QED) is 0.694. The van der Waals surface area contributed by atoms with E-state index in [1.165, 1.54) is 6.07 Å². The third-order valence-corrected chi connectivity index (χ3v) is 2.66. The molecule has 3 heteroatoms. The number of halogens is 1. The maximum atomic E-state index is 13.4. The van der Waals surface area contributed by atoms with E-state index in [9.17, 15) is 9.50 Å². The van der Waals surface area contributed by atoms with Gasteiger partial charge in [0.2, 0.25) is 0 Å². The lowest BCUT2D eigenvalue weighted by atomic mass is 10.1. The van der Waals surface area contributed by atoms with Crippen molar-refractivity contribution in [3.63, 3.8) is 0 Å². The van der Waals surface area contributed by atoms with Crippen LogP contribution in [0.4, 0.5) is 4.39 Å². The first-order chi connectivity index (χ1) is 8.24. The normalized spacial score (nSPS) is 12.4. The average molecular weight is 240 g/mol. The van der Waals surface area contributed by atoms with Crippen molar-refractivity contribution in [3.05, 3.63) is 24.3 Å². The van der Waals surface area contributed by atoms with Gasteiger partial charge in [0.1, 0.15) is 12.8 Å². The summed E-state index contributed by atoms with van der Waals surface area (Å²) in [5, 5.41) is 9.42. The number of alkyl halides is 1. The smallest absolute Gasteiger partial charge is 0.161 e. The van der Waals surface area contributed by atoms with Crippen molar-refractivity contribution in [3.8, 4) is 11.5 Å². The molecule has 1 aromatic rings. The molecule has 0 aliphatic rings. The number of phenols is 1. The van der Waals surface area contributed by atoms with Crippen LogP contribution in [0.3, 0.4) is 0 Å². The summed E-state index contributed by atoms with van der Waals surface area (Å²) < 4.78 is 18.7. The van der Waals surface area contributed by atoms with E-state index in [1.807, 2.05) is 0 Å². The highest BCUT2D eigenvalue weighted by molar-refractivity contribution is 5.37. The van der Waals surface area contributed by atoms with Gasteiger partial charge in [-0.05, 0) is 18.6 Å². The van der Waals surface area contributed by atoms with Crippen LogP contribution in [0.1, 0.15) is 39.0 Å². The van der Waals surface area contributed by atoms with Gasteiger partial charge in [-0.3, -0.25) is 0 Å². The molecule has 0 aromatic heterocycles. The summed E-state index contributed by atoms with van der Waals surface area (Å²) in [4.78, 5) is 0. The van der Waals surface area contributed by atoms with E-state index in [1.54, 1.807) is 18.2 Å². The number of hydrogen-bond acceptors (Lipinski definition) is 2. The molecule has 0 amide bonds. The molecule has 0 aliphatic heterocycles. The molecular weight excluding hydrogens is 219 g/mol. The van der Waals surface area contributed by atoms with E-state index < -0.39 is 6.17 Å². The van der Waals surface area contributed by atoms with Crippen LogP contribution in [0.15, 0.2) is 24.3 Å². The molecule has 0 spiro atoms. The number of benzene rings is 1. The Morgan fingerprint density at radius 2 is 2.00 bits per heavy atom. The Balaban J connectivity index is 2.19. The minimum atomic E-state index is -0.952. The summed E-state index contributed by atoms with van der Waals surface area (Å²) in [6.07, 6.45) is 3.88. The fourth-order valence-corrected chi connectivity index (χ4v) is 1.64. The van der Waals surface area contributed by atoms with Gasteiger partial charge >= 0.3 is 0 Å². The van der Waals surface area contributed by atoms with Crippen molar-refractivity contribution < 1.29 is 14.2 Å². The predicted octanol–water partition coefficient (Wildman–Crippen LogP) is 4.08. The summed E-state index contributed by atoms with van der Waals surface area (Å²) in [5.74, 6) is 0.411.